The van der Waals surface area contributed by atoms with Crippen LogP contribution in [-0.2, 0) is 4.79 Å². The smallest absolute Gasteiger partial charge is 0.234 e. The highest BCUT2D eigenvalue weighted by Gasteiger charge is 2.11. The van der Waals surface area contributed by atoms with Gasteiger partial charge in [-0.15, -0.1) is 11.8 Å². The highest BCUT2D eigenvalue weighted by Crippen LogP contribution is 2.34. The summed E-state index contributed by atoms with van der Waals surface area (Å²) in [5.74, 6) is 0.263. The number of hydrogen-bond acceptors (Lipinski definition) is 3. The van der Waals surface area contributed by atoms with Gasteiger partial charge in [0.25, 0.3) is 0 Å². The Bertz CT molecular complexity index is 639. The molecule has 0 saturated carbocycles. The molecule has 0 saturated heterocycles. The van der Waals surface area contributed by atoms with Gasteiger partial charge < -0.3 is 11.1 Å². The fraction of sp³-hybridized carbons (Fsp3) is 0.0714. The molecule has 0 spiro atoms. The van der Waals surface area contributed by atoms with Crippen LogP contribution in [0.3, 0.4) is 0 Å². The number of halogens is 3. The standard InChI is InChI=1S/C14H11Br3N2OS/c15-8-5-11(16)14(12(17)6-8)19-13(20)7-21-10-3-1-9(18)2-4-10/h1-6H,7,18H2,(H,19,20). The zero-order valence-corrected chi connectivity index (χ0v) is 16.3. The predicted molar refractivity (Wildman–Crippen MR) is 99.8 cm³/mol. The first-order valence-electron chi connectivity index (χ1n) is 5.88. The summed E-state index contributed by atoms with van der Waals surface area (Å²) in [6, 6.07) is 11.2. The number of benzene rings is 2. The third-order valence-corrected chi connectivity index (χ3v) is 5.24. The van der Waals surface area contributed by atoms with E-state index >= 15 is 0 Å². The average Bonchev–Trinajstić information content (AvgIpc) is 2.42. The van der Waals surface area contributed by atoms with Crippen LogP contribution in [0.15, 0.2) is 54.7 Å². The van der Waals surface area contributed by atoms with E-state index in [2.05, 4.69) is 53.1 Å². The van der Waals surface area contributed by atoms with E-state index < -0.39 is 0 Å². The van der Waals surface area contributed by atoms with Crippen molar-refractivity contribution in [3.8, 4) is 0 Å². The van der Waals surface area contributed by atoms with Gasteiger partial charge in [-0.05, 0) is 68.3 Å². The Morgan fingerprint density at radius 1 is 1.10 bits per heavy atom. The zero-order valence-electron chi connectivity index (χ0n) is 10.7. The number of carbonyl (C=O) groups is 1. The van der Waals surface area contributed by atoms with Crippen LogP contribution < -0.4 is 11.1 Å². The molecule has 0 aliphatic carbocycles. The van der Waals surface area contributed by atoms with Crippen LogP contribution in [0.2, 0.25) is 0 Å². The van der Waals surface area contributed by atoms with Crippen LogP contribution >= 0.6 is 59.6 Å². The van der Waals surface area contributed by atoms with Crippen molar-refractivity contribution in [3.05, 3.63) is 49.8 Å². The molecule has 3 nitrogen and oxygen atoms in total. The normalized spacial score (nSPS) is 10.4. The van der Waals surface area contributed by atoms with E-state index in [1.54, 1.807) is 0 Å². The molecule has 2 rings (SSSR count). The average molecular weight is 495 g/mol. The number of nitrogens with one attached hydrogen (secondary N) is 1. The molecule has 0 radical (unpaired) electrons. The Balaban J connectivity index is 1.97. The van der Waals surface area contributed by atoms with Crippen LogP contribution in [0.4, 0.5) is 11.4 Å². The molecular formula is C14H11Br3N2OS. The van der Waals surface area contributed by atoms with Crippen molar-refractivity contribution in [1.82, 2.24) is 0 Å². The zero-order chi connectivity index (χ0) is 15.4. The molecular weight excluding hydrogens is 484 g/mol. The molecule has 0 bridgehead atoms. The monoisotopic (exact) mass is 492 g/mol. The Morgan fingerprint density at radius 3 is 2.24 bits per heavy atom. The van der Waals surface area contributed by atoms with Gasteiger partial charge in [0.15, 0.2) is 0 Å². The molecule has 2 aromatic rings. The molecule has 0 heterocycles. The first-order chi connectivity index (χ1) is 9.95. The van der Waals surface area contributed by atoms with Gasteiger partial charge in [0.05, 0.1) is 11.4 Å². The number of carbonyl (C=O) groups excluding carboxylic acids is 1. The molecule has 2 aromatic carbocycles. The Labute approximate surface area is 152 Å². The van der Waals surface area contributed by atoms with E-state index in [4.69, 9.17) is 5.73 Å². The number of nitrogen functional groups attached to an aromatic ring is 1. The number of anilines is 2. The van der Waals surface area contributed by atoms with Crippen molar-refractivity contribution in [2.24, 2.45) is 0 Å². The minimum Gasteiger partial charge on any atom is -0.399 e. The summed E-state index contributed by atoms with van der Waals surface area (Å²) in [4.78, 5) is 13.0. The van der Waals surface area contributed by atoms with E-state index in [1.165, 1.54) is 11.8 Å². The lowest BCUT2D eigenvalue weighted by molar-refractivity contribution is -0.113. The van der Waals surface area contributed by atoms with Crippen LogP contribution in [0, 0.1) is 0 Å². The van der Waals surface area contributed by atoms with Gasteiger partial charge in [-0.1, -0.05) is 15.9 Å². The second-order valence-electron chi connectivity index (χ2n) is 4.15. The van der Waals surface area contributed by atoms with Gasteiger partial charge >= 0.3 is 0 Å². The molecule has 0 unspecified atom stereocenters. The largest absolute Gasteiger partial charge is 0.399 e. The number of nitrogens with two attached hydrogens (primary N) is 1. The van der Waals surface area contributed by atoms with Crippen molar-refractivity contribution < 1.29 is 4.79 Å². The molecule has 0 atom stereocenters. The lowest BCUT2D eigenvalue weighted by atomic mass is 10.3. The summed E-state index contributed by atoms with van der Waals surface area (Å²) in [6.45, 7) is 0. The molecule has 110 valence electrons. The van der Waals surface area contributed by atoms with E-state index in [0.29, 0.717) is 11.4 Å². The van der Waals surface area contributed by atoms with E-state index in [1.807, 2.05) is 36.4 Å². The van der Waals surface area contributed by atoms with Gasteiger partial charge in [-0.2, -0.15) is 0 Å². The van der Waals surface area contributed by atoms with Crippen LogP contribution in [0.5, 0.6) is 0 Å². The second kappa shape index (κ2) is 7.67. The summed E-state index contributed by atoms with van der Waals surface area (Å²) in [6.07, 6.45) is 0. The fourth-order valence-corrected chi connectivity index (χ4v) is 4.71. The molecule has 3 N–H and O–H groups in total. The Kier molecular flexibility index (Phi) is 6.16. The third-order valence-electron chi connectivity index (χ3n) is 2.52. The fourth-order valence-electron chi connectivity index (χ4n) is 1.55. The summed E-state index contributed by atoms with van der Waals surface area (Å²) >= 11 is 11.7. The molecule has 0 aromatic heterocycles. The van der Waals surface area contributed by atoms with Gasteiger partial charge in [-0.25, -0.2) is 0 Å². The minimum atomic E-state index is -0.0689. The van der Waals surface area contributed by atoms with Gasteiger partial charge in [0, 0.05) is 24.0 Å². The molecule has 1 amide bonds. The van der Waals surface area contributed by atoms with Crippen molar-refractivity contribution in [2.75, 3.05) is 16.8 Å². The van der Waals surface area contributed by atoms with Gasteiger partial charge in [-0.3, -0.25) is 4.79 Å². The third kappa shape index (κ3) is 5.02. The predicted octanol–water partition coefficient (Wildman–Crippen LogP) is 5.29. The number of hydrogen-bond donors (Lipinski definition) is 2. The summed E-state index contributed by atoms with van der Waals surface area (Å²) < 4.78 is 2.56. The van der Waals surface area contributed by atoms with E-state index in [-0.39, 0.29) is 5.91 Å². The van der Waals surface area contributed by atoms with Crippen LogP contribution in [-0.4, -0.2) is 11.7 Å². The number of rotatable bonds is 4. The summed E-state index contributed by atoms with van der Waals surface area (Å²) in [5.41, 5.74) is 7.07. The van der Waals surface area contributed by atoms with Crippen molar-refractivity contribution in [1.29, 1.82) is 0 Å². The van der Waals surface area contributed by atoms with Crippen molar-refractivity contribution in [3.63, 3.8) is 0 Å². The lowest BCUT2D eigenvalue weighted by Crippen LogP contribution is -2.14. The van der Waals surface area contributed by atoms with E-state index in [0.717, 1.165) is 24.0 Å². The highest BCUT2D eigenvalue weighted by atomic mass is 79.9. The highest BCUT2D eigenvalue weighted by molar-refractivity contribution is 9.11. The molecule has 0 aliphatic rings. The minimum absolute atomic E-state index is 0.0689. The molecule has 21 heavy (non-hydrogen) atoms. The Morgan fingerprint density at radius 2 is 1.67 bits per heavy atom. The second-order valence-corrected chi connectivity index (χ2v) is 7.82. The van der Waals surface area contributed by atoms with Crippen molar-refractivity contribution in [2.45, 2.75) is 4.90 Å². The number of amides is 1. The van der Waals surface area contributed by atoms with E-state index in [9.17, 15) is 4.79 Å². The first-order valence-corrected chi connectivity index (χ1v) is 9.25. The van der Waals surface area contributed by atoms with Gasteiger partial charge in [0.2, 0.25) is 5.91 Å². The van der Waals surface area contributed by atoms with Crippen molar-refractivity contribution >= 4 is 76.8 Å². The lowest BCUT2D eigenvalue weighted by Gasteiger charge is -2.10. The first kappa shape index (κ1) is 16.9. The quantitative estimate of drug-likeness (QED) is 0.448. The summed E-state index contributed by atoms with van der Waals surface area (Å²) in [5, 5.41) is 2.89. The maximum absolute atomic E-state index is 12.0. The molecule has 0 aliphatic heterocycles. The SMILES string of the molecule is Nc1ccc(SCC(=O)Nc2c(Br)cc(Br)cc2Br)cc1. The van der Waals surface area contributed by atoms with Crippen LogP contribution in [0.25, 0.3) is 0 Å². The maximum Gasteiger partial charge on any atom is 0.234 e. The summed E-state index contributed by atoms with van der Waals surface area (Å²) in [7, 11) is 0. The van der Waals surface area contributed by atoms with Crippen LogP contribution in [0.1, 0.15) is 0 Å². The Hall–Kier alpha value is -0.500. The molecule has 7 heteroatoms. The molecule has 0 fully saturated rings. The number of thioether (sulfide) groups is 1. The van der Waals surface area contributed by atoms with Gasteiger partial charge in [0.1, 0.15) is 0 Å². The maximum atomic E-state index is 12.0. The topological polar surface area (TPSA) is 55.1 Å².